The molecule has 3 nitrogen and oxygen atoms in total. The van der Waals surface area contributed by atoms with Gasteiger partial charge < -0.3 is 10.3 Å². The van der Waals surface area contributed by atoms with E-state index >= 15 is 0 Å². The third-order valence-corrected chi connectivity index (χ3v) is 3.17. The summed E-state index contributed by atoms with van der Waals surface area (Å²) >= 11 is 0. The Bertz CT molecular complexity index is 434. The van der Waals surface area contributed by atoms with Gasteiger partial charge in [0, 0.05) is 24.3 Å². The molecule has 0 aliphatic heterocycles. The largest absolute Gasteiger partial charge is 0.327 e. The van der Waals surface area contributed by atoms with Gasteiger partial charge in [0.2, 0.25) is 0 Å². The minimum atomic E-state index is 0.128. The number of pyridine rings is 1. The maximum absolute atomic E-state index is 11.8. The molecule has 0 bridgehead atoms. The zero-order valence-corrected chi connectivity index (χ0v) is 10.1. The van der Waals surface area contributed by atoms with Crippen LogP contribution in [-0.4, -0.2) is 10.6 Å². The predicted octanol–water partition coefficient (Wildman–Crippen LogP) is 1.32. The number of hydrogen-bond donors (Lipinski definition) is 1. The van der Waals surface area contributed by atoms with E-state index in [2.05, 4.69) is 13.8 Å². The fourth-order valence-corrected chi connectivity index (χ4v) is 2.42. The highest BCUT2D eigenvalue weighted by atomic mass is 16.1. The van der Waals surface area contributed by atoms with Crippen LogP contribution in [0.25, 0.3) is 0 Å². The van der Waals surface area contributed by atoms with Gasteiger partial charge in [-0.25, -0.2) is 0 Å². The summed E-state index contributed by atoms with van der Waals surface area (Å²) in [5.41, 5.74) is 8.55. The van der Waals surface area contributed by atoms with Gasteiger partial charge in [0.15, 0.2) is 0 Å². The van der Waals surface area contributed by atoms with Crippen LogP contribution in [0, 0.1) is 5.92 Å². The van der Waals surface area contributed by atoms with E-state index < -0.39 is 0 Å². The summed E-state index contributed by atoms with van der Waals surface area (Å²) in [5.74, 6) is 0.500. The van der Waals surface area contributed by atoms with Crippen molar-refractivity contribution in [3.63, 3.8) is 0 Å². The molecule has 2 N–H and O–H groups in total. The molecular formula is C13H20N2O. The first-order chi connectivity index (χ1) is 7.58. The monoisotopic (exact) mass is 220 g/mol. The second-order valence-corrected chi connectivity index (χ2v) is 5.15. The standard InChI is InChI=1S/C13H20N2O/c1-9(2)8-15-12-5-4-11(14)7-10(12)3-6-13(15)16/h3,6,9,11H,4-5,7-8,14H2,1-2H3/t11-/m0/s1. The Balaban J connectivity index is 2.43. The van der Waals surface area contributed by atoms with Crippen LogP contribution in [0.15, 0.2) is 16.9 Å². The van der Waals surface area contributed by atoms with Crippen LogP contribution in [0.4, 0.5) is 0 Å². The maximum atomic E-state index is 11.8. The van der Waals surface area contributed by atoms with E-state index in [1.807, 2.05) is 10.6 Å². The molecular weight excluding hydrogens is 200 g/mol. The molecule has 0 fully saturated rings. The molecule has 2 rings (SSSR count). The molecule has 16 heavy (non-hydrogen) atoms. The zero-order valence-electron chi connectivity index (χ0n) is 10.1. The maximum Gasteiger partial charge on any atom is 0.250 e. The predicted molar refractivity (Wildman–Crippen MR) is 65.5 cm³/mol. The first-order valence-electron chi connectivity index (χ1n) is 6.05. The molecule has 3 heteroatoms. The van der Waals surface area contributed by atoms with E-state index in [1.165, 1.54) is 11.3 Å². The first kappa shape index (κ1) is 11.4. The number of fused-ring (bicyclic) bond motifs is 1. The molecule has 0 saturated heterocycles. The van der Waals surface area contributed by atoms with Gasteiger partial charge in [-0.3, -0.25) is 4.79 Å². The topological polar surface area (TPSA) is 48.0 Å². The van der Waals surface area contributed by atoms with Gasteiger partial charge in [-0.15, -0.1) is 0 Å². The molecule has 0 radical (unpaired) electrons. The normalized spacial score (nSPS) is 19.9. The van der Waals surface area contributed by atoms with Gasteiger partial charge in [0.05, 0.1) is 0 Å². The smallest absolute Gasteiger partial charge is 0.250 e. The lowest BCUT2D eigenvalue weighted by molar-refractivity contribution is 0.467. The summed E-state index contributed by atoms with van der Waals surface area (Å²) in [5, 5.41) is 0. The van der Waals surface area contributed by atoms with Gasteiger partial charge in [-0.1, -0.05) is 19.9 Å². The summed E-state index contributed by atoms with van der Waals surface area (Å²) in [6, 6.07) is 3.89. The van der Waals surface area contributed by atoms with Crippen molar-refractivity contribution in [2.24, 2.45) is 11.7 Å². The minimum Gasteiger partial charge on any atom is -0.327 e. The Kier molecular flexibility index (Phi) is 3.15. The second-order valence-electron chi connectivity index (χ2n) is 5.15. The molecule has 0 spiro atoms. The number of hydrogen-bond acceptors (Lipinski definition) is 2. The van der Waals surface area contributed by atoms with Crippen molar-refractivity contribution in [2.75, 3.05) is 0 Å². The Hall–Kier alpha value is -1.09. The molecule has 1 aromatic heterocycles. The fraction of sp³-hybridized carbons (Fsp3) is 0.615. The van der Waals surface area contributed by atoms with Gasteiger partial charge in [-0.05, 0) is 30.7 Å². The lowest BCUT2D eigenvalue weighted by Crippen LogP contribution is -2.34. The SMILES string of the molecule is CC(C)Cn1c2c(ccc1=O)C[C@@H](N)CC2. The fourth-order valence-electron chi connectivity index (χ4n) is 2.42. The van der Waals surface area contributed by atoms with Crippen molar-refractivity contribution in [1.82, 2.24) is 4.57 Å². The highest BCUT2D eigenvalue weighted by Crippen LogP contribution is 2.19. The summed E-state index contributed by atoms with van der Waals surface area (Å²) < 4.78 is 1.94. The van der Waals surface area contributed by atoms with E-state index in [-0.39, 0.29) is 11.6 Å². The molecule has 1 heterocycles. The third kappa shape index (κ3) is 2.19. The summed E-state index contributed by atoms with van der Waals surface area (Å²) in [6.45, 7) is 5.10. The van der Waals surface area contributed by atoms with Crippen molar-refractivity contribution in [3.05, 3.63) is 33.7 Å². The highest BCUT2D eigenvalue weighted by molar-refractivity contribution is 5.25. The Morgan fingerprint density at radius 2 is 2.25 bits per heavy atom. The van der Waals surface area contributed by atoms with Crippen LogP contribution >= 0.6 is 0 Å². The zero-order chi connectivity index (χ0) is 11.7. The molecule has 88 valence electrons. The molecule has 1 atom stereocenters. The van der Waals surface area contributed by atoms with Crippen LogP contribution in [0.2, 0.25) is 0 Å². The molecule has 0 aromatic carbocycles. The summed E-state index contributed by atoms with van der Waals surface area (Å²) in [6.07, 6.45) is 2.85. The van der Waals surface area contributed by atoms with Crippen LogP contribution in [0.5, 0.6) is 0 Å². The quantitative estimate of drug-likeness (QED) is 0.817. The summed E-state index contributed by atoms with van der Waals surface area (Å²) in [4.78, 5) is 11.8. The van der Waals surface area contributed by atoms with E-state index in [9.17, 15) is 4.79 Å². The lowest BCUT2D eigenvalue weighted by atomic mass is 9.92. The van der Waals surface area contributed by atoms with Crippen molar-refractivity contribution in [2.45, 2.75) is 45.7 Å². The van der Waals surface area contributed by atoms with Gasteiger partial charge in [0.25, 0.3) is 5.56 Å². The third-order valence-electron chi connectivity index (χ3n) is 3.17. The van der Waals surface area contributed by atoms with Gasteiger partial charge in [0.1, 0.15) is 0 Å². The number of rotatable bonds is 2. The van der Waals surface area contributed by atoms with Crippen LogP contribution in [0.1, 0.15) is 31.5 Å². The van der Waals surface area contributed by atoms with E-state index in [0.717, 1.165) is 25.8 Å². The average molecular weight is 220 g/mol. The summed E-state index contributed by atoms with van der Waals surface area (Å²) in [7, 11) is 0. The van der Waals surface area contributed by atoms with E-state index in [1.54, 1.807) is 6.07 Å². The van der Waals surface area contributed by atoms with Gasteiger partial charge >= 0.3 is 0 Å². The number of nitrogens with two attached hydrogens (primary N) is 1. The molecule has 0 saturated carbocycles. The first-order valence-corrected chi connectivity index (χ1v) is 6.05. The van der Waals surface area contributed by atoms with Crippen LogP contribution in [-0.2, 0) is 19.4 Å². The lowest BCUT2D eigenvalue weighted by Gasteiger charge is -2.25. The van der Waals surface area contributed by atoms with Crippen molar-refractivity contribution < 1.29 is 0 Å². The molecule has 1 aliphatic rings. The Labute approximate surface area is 96.3 Å². The Morgan fingerprint density at radius 1 is 1.50 bits per heavy atom. The van der Waals surface area contributed by atoms with Crippen LogP contribution < -0.4 is 11.3 Å². The number of nitrogens with zero attached hydrogens (tertiary/aromatic N) is 1. The molecule has 0 unspecified atom stereocenters. The van der Waals surface area contributed by atoms with Crippen LogP contribution in [0.3, 0.4) is 0 Å². The Morgan fingerprint density at radius 3 is 2.94 bits per heavy atom. The highest BCUT2D eigenvalue weighted by Gasteiger charge is 2.19. The minimum absolute atomic E-state index is 0.128. The number of aromatic nitrogens is 1. The van der Waals surface area contributed by atoms with E-state index in [0.29, 0.717) is 5.92 Å². The van der Waals surface area contributed by atoms with Crippen molar-refractivity contribution in [1.29, 1.82) is 0 Å². The molecule has 1 aliphatic carbocycles. The van der Waals surface area contributed by atoms with E-state index in [4.69, 9.17) is 5.73 Å². The molecule has 1 aromatic rings. The van der Waals surface area contributed by atoms with Crippen molar-refractivity contribution in [3.8, 4) is 0 Å². The van der Waals surface area contributed by atoms with Crippen molar-refractivity contribution >= 4 is 0 Å². The molecule has 0 amide bonds. The van der Waals surface area contributed by atoms with Gasteiger partial charge in [-0.2, -0.15) is 0 Å². The average Bonchev–Trinajstić information content (AvgIpc) is 2.22. The second kappa shape index (κ2) is 4.42.